The molecule has 1 heterocycles. The van der Waals surface area contributed by atoms with Gasteiger partial charge < -0.3 is 29.6 Å². The van der Waals surface area contributed by atoms with Crippen LogP contribution in [0.1, 0.15) is 44.9 Å². The number of carbonyl (C=O) groups excluding carboxylic acids is 3. The summed E-state index contributed by atoms with van der Waals surface area (Å²) >= 11 is 0. The summed E-state index contributed by atoms with van der Waals surface area (Å²) in [5.74, 6) is 0.236. The molecule has 1 aliphatic heterocycles. The zero-order valence-electron chi connectivity index (χ0n) is 22.0. The van der Waals surface area contributed by atoms with Gasteiger partial charge in [-0.15, -0.1) is 0 Å². The average Bonchev–Trinajstić information content (AvgIpc) is 2.87. The molecule has 0 spiro atoms. The molecule has 0 unspecified atom stereocenters. The van der Waals surface area contributed by atoms with Gasteiger partial charge in [0.05, 0.1) is 37.7 Å². The predicted octanol–water partition coefficient (Wildman–Crippen LogP) is 3.20. The van der Waals surface area contributed by atoms with Crippen LogP contribution < -0.4 is 30.3 Å². The Hall–Kier alpha value is -4.54. The predicted molar refractivity (Wildman–Crippen MR) is 140 cm³/mol. The highest BCUT2D eigenvalue weighted by Gasteiger charge is 2.32. The number of nitrogens with one attached hydrogen (secondary N) is 3. The van der Waals surface area contributed by atoms with E-state index in [1.807, 2.05) is 38.1 Å². The molecule has 2 aromatic rings. The summed E-state index contributed by atoms with van der Waals surface area (Å²) in [6.07, 6.45) is 1.49. The molecule has 0 saturated carbocycles. The molecule has 11 heteroatoms. The molecule has 38 heavy (non-hydrogen) atoms. The van der Waals surface area contributed by atoms with Crippen molar-refractivity contribution < 1.29 is 33.3 Å². The molecular formula is C27H32N4O7. The van der Waals surface area contributed by atoms with E-state index < -0.39 is 23.9 Å². The number of urea groups is 1. The van der Waals surface area contributed by atoms with Gasteiger partial charge in [-0.3, -0.25) is 4.79 Å². The number of methoxy groups -OCH3 is 1. The minimum Gasteiger partial charge on any atom is -0.493 e. The van der Waals surface area contributed by atoms with Crippen molar-refractivity contribution in [1.82, 2.24) is 16.1 Å². The van der Waals surface area contributed by atoms with E-state index in [1.165, 1.54) is 13.3 Å². The summed E-state index contributed by atoms with van der Waals surface area (Å²) in [6.45, 7) is 7.05. The SMILES string of the molecule is CCOC(=O)C1=C(C)NC(=O)N[C@@H]1c1ccc(OCC(=O)N/N=C/c2ccccc2OC(C)C)c(OC)c1. The smallest absolute Gasteiger partial charge is 0.338 e. The molecule has 0 aliphatic carbocycles. The van der Waals surface area contributed by atoms with Crippen molar-refractivity contribution in [2.45, 2.75) is 39.8 Å². The van der Waals surface area contributed by atoms with E-state index in [1.54, 1.807) is 32.0 Å². The van der Waals surface area contributed by atoms with Crippen LogP contribution in [0.2, 0.25) is 0 Å². The highest BCUT2D eigenvalue weighted by atomic mass is 16.5. The third kappa shape index (κ3) is 7.25. The molecule has 0 bridgehead atoms. The Balaban J connectivity index is 1.68. The maximum Gasteiger partial charge on any atom is 0.338 e. The molecule has 1 aliphatic rings. The quantitative estimate of drug-likeness (QED) is 0.233. The summed E-state index contributed by atoms with van der Waals surface area (Å²) in [6, 6.07) is 11.0. The number of hydrogen-bond acceptors (Lipinski definition) is 8. The van der Waals surface area contributed by atoms with E-state index in [-0.39, 0.29) is 24.9 Å². The van der Waals surface area contributed by atoms with Crippen LogP contribution in [0.4, 0.5) is 4.79 Å². The van der Waals surface area contributed by atoms with E-state index in [9.17, 15) is 14.4 Å². The zero-order chi connectivity index (χ0) is 27.7. The van der Waals surface area contributed by atoms with E-state index in [0.717, 1.165) is 5.56 Å². The van der Waals surface area contributed by atoms with Gasteiger partial charge in [-0.1, -0.05) is 18.2 Å². The number of esters is 1. The molecule has 3 amide bonds. The molecule has 3 rings (SSSR count). The first-order chi connectivity index (χ1) is 18.2. The van der Waals surface area contributed by atoms with Gasteiger partial charge in [0.25, 0.3) is 5.91 Å². The van der Waals surface area contributed by atoms with Crippen LogP contribution in [0.15, 0.2) is 58.8 Å². The van der Waals surface area contributed by atoms with Crippen LogP contribution >= 0.6 is 0 Å². The first-order valence-electron chi connectivity index (χ1n) is 12.1. The summed E-state index contributed by atoms with van der Waals surface area (Å²) in [7, 11) is 1.45. The first-order valence-corrected chi connectivity index (χ1v) is 12.1. The molecule has 3 N–H and O–H groups in total. The van der Waals surface area contributed by atoms with Gasteiger partial charge in [-0.25, -0.2) is 15.0 Å². The van der Waals surface area contributed by atoms with Gasteiger partial charge >= 0.3 is 12.0 Å². The Morgan fingerprint density at radius 1 is 1.13 bits per heavy atom. The number of allylic oxidation sites excluding steroid dienone is 1. The first kappa shape index (κ1) is 28.0. The number of para-hydroxylation sites is 1. The zero-order valence-corrected chi connectivity index (χ0v) is 22.0. The minimum absolute atomic E-state index is 0.00300. The van der Waals surface area contributed by atoms with Gasteiger partial charge in [0.2, 0.25) is 0 Å². The largest absolute Gasteiger partial charge is 0.493 e. The lowest BCUT2D eigenvalue weighted by Gasteiger charge is -2.28. The molecule has 11 nitrogen and oxygen atoms in total. The molecule has 202 valence electrons. The van der Waals surface area contributed by atoms with E-state index >= 15 is 0 Å². The standard InChI is InChI=1S/C27H32N4O7/c1-6-36-26(33)24-17(4)29-27(34)30-25(24)18-11-12-21(22(13-18)35-5)37-15-23(32)31-28-14-19-9-7-8-10-20(19)38-16(2)3/h7-14,16,25H,6,15H2,1-5H3,(H,31,32)(H2,29,30,34)/b28-14+/t25-/m1/s1. The van der Waals surface area contributed by atoms with Gasteiger partial charge in [0.1, 0.15) is 5.75 Å². The van der Waals surface area contributed by atoms with Crippen molar-refractivity contribution in [1.29, 1.82) is 0 Å². The maximum atomic E-state index is 12.6. The number of ether oxygens (including phenoxy) is 4. The molecule has 0 aromatic heterocycles. The van der Waals surface area contributed by atoms with E-state index in [2.05, 4.69) is 21.2 Å². The van der Waals surface area contributed by atoms with Crippen LogP contribution in [0.5, 0.6) is 17.2 Å². The highest BCUT2D eigenvalue weighted by Crippen LogP contribution is 2.34. The van der Waals surface area contributed by atoms with Crippen molar-refractivity contribution in [2.24, 2.45) is 5.10 Å². The Bertz CT molecular complexity index is 1240. The molecule has 1 atom stereocenters. The van der Waals surface area contributed by atoms with Crippen LogP contribution in [0, 0.1) is 0 Å². The van der Waals surface area contributed by atoms with Crippen LogP contribution in [0.3, 0.4) is 0 Å². The fourth-order valence-electron chi connectivity index (χ4n) is 3.70. The number of hydrogen-bond donors (Lipinski definition) is 3. The summed E-state index contributed by atoms with van der Waals surface area (Å²) in [4.78, 5) is 36.9. The second-order valence-electron chi connectivity index (χ2n) is 8.49. The fourth-order valence-corrected chi connectivity index (χ4v) is 3.70. The van der Waals surface area contributed by atoms with Gasteiger partial charge in [0, 0.05) is 11.3 Å². The summed E-state index contributed by atoms with van der Waals surface area (Å²) < 4.78 is 22.0. The van der Waals surface area contributed by atoms with Gasteiger partial charge in [-0.05, 0) is 57.5 Å². The Morgan fingerprint density at radius 2 is 1.89 bits per heavy atom. The molecule has 0 radical (unpaired) electrons. The lowest BCUT2D eigenvalue weighted by atomic mass is 9.95. The third-order valence-corrected chi connectivity index (χ3v) is 5.32. The van der Waals surface area contributed by atoms with Crippen molar-refractivity contribution in [2.75, 3.05) is 20.3 Å². The number of carbonyl (C=O) groups is 3. The van der Waals surface area contributed by atoms with Gasteiger partial charge in [0.15, 0.2) is 18.1 Å². The maximum absolute atomic E-state index is 12.6. The summed E-state index contributed by atoms with van der Waals surface area (Å²) in [5, 5.41) is 9.30. The lowest BCUT2D eigenvalue weighted by molar-refractivity contribution is -0.139. The van der Waals surface area contributed by atoms with Gasteiger partial charge in [-0.2, -0.15) is 5.10 Å². The number of rotatable bonds is 11. The fraction of sp³-hybridized carbons (Fsp3) is 0.333. The molecular weight excluding hydrogens is 492 g/mol. The second kappa shape index (κ2) is 13.1. The van der Waals surface area contributed by atoms with Crippen molar-refractivity contribution in [3.05, 3.63) is 64.9 Å². The number of nitrogens with zero attached hydrogens (tertiary/aromatic N) is 1. The van der Waals surface area contributed by atoms with Crippen LogP contribution in [-0.4, -0.2) is 50.5 Å². The van der Waals surface area contributed by atoms with Crippen molar-refractivity contribution in [3.8, 4) is 17.2 Å². The van der Waals surface area contributed by atoms with Crippen molar-refractivity contribution in [3.63, 3.8) is 0 Å². The second-order valence-corrected chi connectivity index (χ2v) is 8.49. The lowest BCUT2D eigenvalue weighted by Crippen LogP contribution is -2.45. The van der Waals surface area contributed by atoms with Crippen LogP contribution in [0.25, 0.3) is 0 Å². The van der Waals surface area contributed by atoms with E-state index in [4.69, 9.17) is 18.9 Å². The van der Waals surface area contributed by atoms with Crippen molar-refractivity contribution >= 4 is 24.1 Å². The number of hydrazone groups is 1. The number of benzene rings is 2. The highest BCUT2D eigenvalue weighted by molar-refractivity contribution is 5.95. The normalized spacial score (nSPS) is 15.1. The number of amides is 3. The average molecular weight is 525 g/mol. The van der Waals surface area contributed by atoms with Crippen LogP contribution in [-0.2, 0) is 14.3 Å². The summed E-state index contributed by atoms with van der Waals surface area (Å²) in [5.41, 5.74) is 4.38. The molecule has 0 fully saturated rings. The minimum atomic E-state index is -0.758. The topological polar surface area (TPSA) is 137 Å². The third-order valence-electron chi connectivity index (χ3n) is 5.32. The Labute approximate surface area is 221 Å². The van der Waals surface area contributed by atoms with E-state index in [0.29, 0.717) is 28.5 Å². The monoisotopic (exact) mass is 524 g/mol. The molecule has 0 saturated heterocycles. The Kier molecular flexibility index (Phi) is 9.69. The molecule has 2 aromatic carbocycles. The Morgan fingerprint density at radius 3 is 2.61 bits per heavy atom.